The third kappa shape index (κ3) is 1.56. The molecule has 1 aliphatic heterocycles. The lowest BCUT2D eigenvalue weighted by molar-refractivity contribution is -0.137. The summed E-state index contributed by atoms with van der Waals surface area (Å²) in [5, 5.41) is 8.94. The van der Waals surface area contributed by atoms with Crippen molar-refractivity contribution >= 4 is 12.0 Å². The minimum Gasteiger partial charge on any atom is -0.475 e. The van der Waals surface area contributed by atoms with E-state index in [-0.39, 0.29) is 11.9 Å². The number of hydrogen-bond acceptors (Lipinski definition) is 2. The third-order valence-electron chi connectivity index (χ3n) is 2.92. The van der Waals surface area contributed by atoms with Crippen LogP contribution in [0.4, 0.5) is 0 Å². The minimum absolute atomic E-state index is 0.0103. The molecule has 0 amide bonds. The van der Waals surface area contributed by atoms with Crippen LogP contribution in [0.15, 0.2) is 53.8 Å². The van der Waals surface area contributed by atoms with Crippen molar-refractivity contribution in [2.75, 3.05) is 0 Å². The van der Waals surface area contributed by atoms with Gasteiger partial charge in [-0.2, -0.15) is 0 Å². The van der Waals surface area contributed by atoms with E-state index in [4.69, 9.17) is 9.84 Å². The van der Waals surface area contributed by atoms with Crippen LogP contribution in [0.1, 0.15) is 17.2 Å². The number of rotatable bonds is 1. The van der Waals surface area contributed by atoms with Gasteiger partial charge in [-0.05, 0) is 17.2 Å². The van der Waals surface area contributed by atoms with E-state index < -0.39 is 5.97 Å². The summed E-state index contributed by atoms with van der Waals surface area (Å²) < 4.78 is 5.52. The van der Waals surface area contributed by atoms with Crippen molar-refractivity contribution in [3.05, 3.63) is 65.0 Å². The van der Waals surface area contributed by atoms with Crippen LogP contribution in [0.5, 0.6) is 0 Å². The van der Waals surface area contributed by atoms with Crippen molar-refractivity contribution in [3.8, 4) is 0 Å². The Morgan fingerprint density at radius 1 is 1.18 bits per heavy atom. The van der Waals surface area contributed by atoms with Crippen LogP contribution >= 0.6 is 0 Å². The predicted molar refractivity (Wildman–Crippen MR) is 63.1 cm³/mol. The Kier molecular flexibility index (Phi) is 2.11. The van der Waals surface area contributed by atoms with E-state index in [1.807, 2.05) is 36.4 Å². The summed E-state index contributed by atoms with van der Waals surface area (Å²) in [4.78, 5) is 10.9. The molecule has 0 aromatic heterocycles. The van der Waals surface area contributed by atoms with Gasteiger partial charge >= 0.3 is 5.97 Å². The molecular weight excluding hydrogens is 216 g/mol. The Hall–Kier alpha value is -2.29. The van der Waals surface area contributed by atoms with Crippen LogP contribution in [0.25, 0.3) is 6.08 Å². The van der Waals surface area contributed by atoms with Gasteiger partial charge in [0.2, 0.25) is 5.76 Å². The van der Waals surface area contributed by atoms with Gasteiger partial charge in [0.25, 0.3) is 0 Å². The molecule has 1 atom stereocenters. The summed E-state index contributed by atoms with van der Waals surface area (Å²) >= 11 is 0. The van der Waals surface area contributed by atoms with Gasteiger partial charge in [0.1, 0.15) is 6.10 Å². The van der Waals surface area contributed by atoms with Crippen molar-refractivity contribution in [1.82, 2.24) is 0 Å². The maximum atomic E-state index is 10.9. The van der Waals surface area contributed by atoms with E-state index in [0.717, 1.165) is 16.7 Å². The summed E-state index contributed by atoms with van der Waals surface area (Å²) in [5.41, 5.74) is 3.06. The zero-order valence-corrected chi connectivity index (χ0v) is 8.96. The molecule has 1 heterocycles. The second-order valence-electron chi connectivity index (χ2n) is 3.96. The molecule has 0 saturated carbocycles. The van der Waals surface area contributed by atoms with Gasteiger partial charge in [-0.1, -0.05) is 42.5 Å². The number of fused-ring (bicyclic) bond motifs is 3. The average molecular weight is 226 g/mol. The smallest absolute Gasteiger partial charge is 0.371 e. The molecule has 1 aromatic carbocycles. The summed E-state index contributed by atoms with van der Waals surface area (Å²) in [5.74, 6) is -1.05. The fraction of sp³-hybridized carbons (Fsp3) is 0.0714. The van der Waals surface area contributed by atoms with Crippen LogP contribution in [-0.4, -0.2) is 11.1 Å². The molecule has 0 fully saturated rings. The number of aliphatic carboxylic acids is 1. The summed E-state index contributed by atoms with van der Waals surface area (Å²) in [6.45, 7) is 0. The van der Waals surface area contributed by atoms with Crippen molar-refractivity contribution in [1.29, 1.82) is 0 Å². The molecule has 0 radical (unpaired) electrons. The van der Waals surface area contributed by atoms with Gasteiger partial charge in [0.15, 0.2) is 0 Å². The standard InChI is InChI=1S/C14H10O3/c15-14(16)12-8-7-10-6-5-9-3-1-2-4-11(9)13(10)17-12/h1-8,13H,(H,15,16). The number of hydrogen-bond donors (Lipinski definition) is 1. The first-order valence-corrected chi connectivity index (χ1v) is 5.34. The number of carboxylic acid groups (broad SMARTS) is 1. The van der Waals surface area contributed by atoms with Gasteiger partial charge < -0.3 is 9.84 Å². The maximum Gasteiger partial charge on any atom is 0.371 e. The summed E-state index contributed by atoms with van der Waals surface area (Å²) in [6, 6.07) is 7.83. The van der Waals surface area contributed by atoms with Gasteiger partial charge in [0, 0.05) is 5.56 Å². The van der Waals surface area contributed by atoms with Crippen molar-refractivity contribution in [2.24, 2.45) is 0 Å². The molecule has 1 unspecified atom stereocenters. The number of benzene rings is 1. The highest BCUT2D eigenvalue weighted by Gasteiger charge is 2.27. The fourth-order valence-electron chi connectivity index (χ4n) is 2.09. The van der Waals surface area contributed by atoms with Gasteiger partial charge in [-0.25, -0.2) is 4.79 Å². The van der Waals surface area contributed by atoms with Gasteiger partial charge in [-0.15, -0.1) is 0 Å². The molecule has 2 aliphatic rings. The van der Waals surface area contributed by atoms with E-state index in [1.54, 1.807) is 6.08 Å². The Morgan fingerprint density at radius 2 is 2.00 bits per heavy atom. The van der Waals surface area contributed by atoms with E-state index in [9.17, 15) is 4.79 Å². The summed E-state index contributed by atoms with van der Waals surface area (Å²) in [7, 11) is 0. The quantitative estimate of drug-likeness (QED) is 0.800. The molecule has 0 bridgehead atoms. The first-order valence-electron chi connectivity index (χ1n) is 5.34. The normalized spacial score (nSPS) is 20.6. The second kappa shape index (κ2) is 3.63. The molecule has 3 rings (SSSR count). The Labute approximate surface area is 98.3 Å². The molecule has 1 aliphatic carbocycles. The lowest BCUT2D eigenvalue weighted by Gasteiger charge is -2.27. The molecule has 3 heteroatoms. The Balaban J connectivity index is 2.08. The highest BCUT2D eigenvalue weighted by atomic mass is 16.5. The van der Waals surface area contributed by atoms with E-state index in [1.165, 1.54) is 6.08 Å². The minimum atomic E-state index is -1.03. The van der Waals surface area contributed by atoms with Crippen molar-refractivity contribution < 1.29 is 14.6 Å². The van der Waals surface area contributed by atoms with E-state index >= 15 is 0 Å². The van der Waals surface area contributed by atoms with Crippen LogP contribution in [-0.2, 0) is 9.53 Å². The topological polar surface area (TPSA) is 46.5 Å². The first kappa shape index (κ1) is 9.90. The lowest BCUT2D eigenvalue weighted by atomic mass is 9.90. The van der Waals surface area contributed by atoms with Gasteiger partial charge in [-0.3, -0.25) is 0 Å². The van der Waals surface area contributed by atoms with E-state index in [2.05, 4.69) is 0 Å². The zero-order valence-electron chi connectivity index (χ0n) is 8.96. The Morgan fingerprint density at radius 3 is 2.82 bits per heavy atom. The molecule has 3 nitrogen and oxygen atoms in total. The van der Waals surface area contributed by atoms with Crippen molar-refractivity contribution in [2.45, 2.75) is 6.10 Å². The molecule has 1 aromatic rings. The number of carbonyl (C=O) groups is 1. The van der Waals surface area contributed by atoms with Crippen molar-refractivity contribution in [3.63, 3.8) is 0 Å². The number of ether oxygens (including phenoxy) is 1. The predicted octanol–water partition coefficient (Wildman–Crippen LogP) is 2.68. The van der Waals surface area contributed by atoms with Crippen LogP contribution in [0, 0.1) is 0 Å². The van der Waals surface area contributed by atoms with E-state index in [0.29, 0.717) is 0 Å². The highest BCUT2D eigenvalue weighted by molar-refractivity contribution is 5.85. The molecular formula is C14H10O3. The monoisotopic (exact) mass is 226 g/mol. The number of carboxylic acids is 1. The molecule has 0 spiro atoms. The SMILES string of the molecule is O=C(O)C1=CC=C2C=Cc3ccccc3C2O1. The third-order valence-corrected chi connectivity index (χ3v) is 2.92. The molecule has 84 valence electrons. The average Bonchev–Trinajstić information content (AvgIpc) is 2.38. The van der Waals surface area contributed by atoms with Gasteiger partial charge in [0.05, 0.1) is 0 Å². The lowest BCUT2D eigenvalue weighted by Crippen LogP contribution is -2.17. The molecule has 1 N–H and O–H groups in total. The Bertz CT molecular complexity index is 579. The zero-order chi connectivity index (χ0) is 11.8. The first-order chi connectivity index (χ1) is 8.25. The molecule has 0 saturated heterocycles. The fourth-order valence-corrected chi connectivity index (χ4v) is 2.09. The van der Waals surface area contributed by atoms with Crippen LogP contribution in [0.3, 0.4) is 0 Å². The number of allylic oxidation sites excluding steroid dienone is 2. The largest absolute Gasteiger partial charge is 0.475 e. The highest BCUT2D eigenvalue weighted by Crippen LogP contribution is 2.38. The second-order valence-corrected chi connectivity index (χ2v) is 3.96. The maximum absolute atomic E-state index is 10.9. The van der Waals surface area contributed by atoms with Crippen LogP contribution in [0.2, 0.25) is 0 Å². The summed E-state index contributed by atoms with van der Waals surface area (Å²) in [6.07, 6.45) is 6.96. The van der Waals surface area contributed by atoms with Crippen LogP contribution < -0.4 is 0 Å². The molecule has 17 heavy (non-hydrogen) atoms.